The summed E-state index contributed by atoms with van der Waals surface area (Å²) in [6, 6.07) is 4.69. The Labute approximate surface area is 281 Å². The summed E-state index contributed by atoms with van der Waals surface area (Å²) in [5, 5.41) is 60.6. The second-order valence-corrected chi connectivity index (χ2v) is 10.7. The molecule has 13 heteroatoms. The molecule has 6 N–H and O–H groups in total. The summed E-state index contributed by atoms with van der Waals surface area (Å²) in [4.78, 5) is 1.86. The number of hydrogen-bond acceptors (Lipinski definition) is 13. The normalized spacial score (nSPS) is 13.2. The summed E-state index contributed by atoms with van der Waals surface area (Å²) in [6.45, 7) is 17.1. The van der Waals surface area contributed by atoms with Crippen LogP contribution in [0.5, 0.6) is 34.5 Å². The van der Waals surface area contributed by atoms with Crippen LogP contribution in [0.4, 0.5) is 0 Å². The molecule has 2 aromatic rings. The first-order valence-corrected chi connectivity index (χ1v) is 15.3. The van der Waals surface area contributed by atoms with Gasteiger partial charge >= 0.3 is 0 Å². The second kappa shape index (κ2) is 22.5. The van der Waals surface area contributed by atoms with Crippen LogP contribution in [-0.4, -0.2) is 120 Å². The highest BCUT2D eigenvalue weighted by Crippen LogP contribution is 2.37. The molecule has 2 rings (SSSR count). The van der Waals surface area contributed by atoms with Gasteiger partial charge < -0.3 is 59.1 Å². The Morgan fingerprint density at radius 1 is 0.500 bits per heavy atom. The fraction of sp³-hybridized carbons (Fsp3) is 0.429. The summed E-state index contributed by atoms with van der Waals surface area (Å²) in [7, 11) is 0. The lowest BCUT2D eigenvalue weighted by molar-refractivity contribution is -0.0800. The van der Waals surface area contributed by atoms with Gasteiger partial charge in [-0.25, -0.2) is 0 Å². The largest absolute Gasteiger partial charge is 0.504 e. The Hall–Kier alpha value is -4.08. The van der Waals surface area contributed by atoms with E-state index in [9.17, 15) is 30.6 Å². The highest BCUT2D eigenvalue weighted by atomic mass is 16.6. The third-order valence-electron chi connectivity index (χ3n) is 6.75. The minimum atomic E-state index is -0.657. The molecule has 2 aromatic carbocycles. The fourth-order valence-corrected chi connectivity index (χ4v) is 4.48. The van der Waals surface area contributed by atoms with Crippen LogP contribution in [-0.2, 0) is 41.5 Å². The van der Waals surface area contributed by atoms with E-state index in [2.05, 4.69) is 26.3 Å². The van der Waals surface area contributed by atoms with Crippen molar-refractivity contribution in [2.24, 2.45) is 0 Å². The van der Waals surface area contributed by atoms with Gasteiger partial charge in [0.1, 0.15) is 12.2 Å². The third kappa shape index (κ3) is 14.4. The molecule has 0 saturated carbocycles. The lowest BCUT2D eigenvalue weighted by atomic mass is 10.1. The van der Waals surface area contributed by atoms with Crippen LogP contribution < -0.4 is 0 Å². The smallest absolute Gasteiger partial charge is 0.200 e. The van der Waals surface area contributed by atoms with Gasteiger partial charge in [0.25, 0.3) is 0 Å². The van der Waals surface area contributed by atoms with Crippen molar-refractivity contribution in [1.82, 2.24) is 4.90 Å². The zero-order valence-corrected chi connectivity index (χ0v) is 27.2. The van der Waals surface area contributed by atoms with E-state index in [0.29, 0.717) is 24.3 Å². The van der Waals surface area contributed by atoms with Crippen molar-refractivity contribution in [2.45, 2.75) is 31.3 Å². The third-order valence-corrected chi connectivity index (χ3v) is 6.75. The van der Waals surface area contributed by atoms with Gasteiger partial charge in [0.15, 0.2) is 34.5 Å². The Kier molecular flexibility index (Phi) is 18.8. The first-order valence-electron chi connectivity index (χ1n) is 15.3. The van der Waals surface area contributed by atoms with Gasteiger partial charge in [-0.2, -0.15) is 0 Å². The Morgan fingerprint density at radius 3 is 1.17 bits per heavy atom. The van der Waals surface area contributed by atoms with E-state index < -0.39 is 52.7 Å². The number of rotatable bonds is 27. The van der Waals surface area contributed by atoms with Gasteiger partial charge in [0.2, 0.25) is 0 Å². The highest BCUT2D eigenvalue weighted by Gasteiger charge is 2.24. The molecule has 13 nitrogen and oxygen atoms in total. The number of phenolic OH excluding ortho intramolecular Hbond substituents is 6. The lowest BCUT2D eigenvalue weighted by Crippen LogP contribution is -2.43. The number of phenols is 6. The summed E-state index contributed by atoms with van der Waals surface area (Å²) in [5.74, 6) is -3.38. The average Bonchev–Trinajstić information content (AvgIpc) is 3.05. The molecule has 0 radical (unpaired) electrons. The summed E-state index contributed by atoms with van der Waals surface area (Å²) < 4.78 is 35.0. The van der Waals surface area contributed by atoms with Crippen LogP contribution in [0.15, 0.2) is 74.9 Å². The minimum Gasteiger partial charge on any atom is -0.504 e. The molecule has 0 bridgehead atoms. The summed E-state index contributed by atoms with van der Waals surface area (Å²) in [6.07, 6.45) is 5.65. The topological polar surface area (TPSA) is 180 Å². The van der Waals surface area contributed by atoms with Gasteiger partial charge in [-0.15, -0.1) is 26.3 Å². The molecule has 266 valence electrons. The van der Waals surface area contributed by atoms with Gasteiger partial charge in [-0.1, -0.05) is 24.3 Å². The molecule has 2 atom stereocenters. The van der Waals surface area contributed by atoms with Crippen LogP contribution in [0.2, 0.25) is 0 Å². The predicted molar refractivity (Wildman–Crippen MR) is 179 cm³/mol. The minimum absolute atomic E-state index is 0.0822. The predicted octanol–water partition coefficient (Wildman–Crippen LogP) is 3.87. The number of nitrogens with zero attached hydrogens (tertiary/aromatic N) is 1. The Balaban J connectivity index is 2.39. The lowest BCUT2D eigenvalue weighted by Gasteiger charge is -2.33. The maximum atomic E-state index is 10.2. The van der Waals surface area contributed by atoms with E-state index >= 15 is 0 Å². The second-order valence-electron chi connectivity index (χ2n) is 10.7. The van der Waals surface area contributed by atoms with Crippen molar-refractivity contribution in [1.29, 1.82) is 0 Å². The van der Waals surface area contributed by atoms with Gasteiger partial charge in [0.05, 0.1) is 72.1 Å². The zero-order chi connectivity index (χ0) is 35.3. The molecule has 0 saturated heterocycles. The van der Waals surface area contributed by atoms with Gasteiger partial charge in [-0.05, 0) is 35.4 Å². The van der Waals surface area contributed by atoms with Crippen molar-refractivity contribution in [3.05, 3.63) is 86.0 Å². The zero-order valence-electron chi connectivity index (χ0n) is 27.2. The van der Waals surface area contributed by atoms with Crippen molar-refractivity contribution < 1.29 is 59.1 Å². The first kappa shape index (κ1) is 40.1. The van der Waals surface area contributed by atoms with Crippen molar-refractivity contribution in [3.63, 3.8) is 0 Å². The van der Waals surface area contributed by atoms with Crippen LogP contribution in [0, 0.1) is 0 Å². The number of aromatic hydroxyl groups is 6. The van der Waals surface area contributed by atoms with Crippen LogP contribution in [0.1, 0.15) is 11.1 Å². The molecular formula is C35H49NO12. The Bertz CT molecular complexity index is 1140. The molecule has 0 heterocycles. The van der Waals surface area contributed by atoms with E-state index in [0.717, 1.165) is 0 Å². The molecular weight excluding hydrogens is 626 g/mol. The molecule has 0 amide bonds. The molecule has 2 unspecified atom stereocenters. The van der Waals surface area contributed by atoms with Crippen LogP contribution in [0.3, 0.4) is 0 Å². The molecule has 0 spiro atoms. The summed E-state index contributed by atoms with van der Waals surface area (Å²) >= 11 is 0. The van der Waals surface area contributed by atoms with Gasteiger partial charge in [-0.3, -0.25) is 4.90 Å². The highest BCUT2D eigenvalue weighted by molar-refractivity contribution is 5.52. The van der Waals surface area contributed by atoms with E-state index in [1.165, 1.54) is 24.3 Å². The SMILES string of the molecule is C=CCOCC(COCC(COCC(COCC=C)OCC=C)N(Cc1cc(O)c(O)c(O)c1)Cc1cc(O)c(O)c(O)c1)OCC=C. The molecule has 0 aromatic heterocycles. The standard InChI is InChI=1S/C35H49NO12/c1-5-9-43-21-28(47-11-7-3)23-45-19-27(20-46-24-29(48-12-8-4)22-44-10-6-2)36(17-25-13-30(37)34(41)31(38)14-25)18-26-15-32(39)35(42)33(40)16-26/h5-8,13-16,27-29,37-42H,1-4,9-12,17-24H2. The molecule has 0 aliphatic rings. The monoisotopic (exact) mass is 675 g/mol. The fourth-order valence-electron chi connectivity index (χ4n) is 4.48. The van der Waals surface area contributed by atoms with E-state index in [4.69, 9.17) is 28.4 Å². The van der Waals surface area contributed by atoms with Crippen molar-refractivity contribution in [3.8, 4) is 34.5 Å². The van der Waals surface area contributed by atoms with E-state index in [1.807, 2.05) is 4.90 Å². The van der Waals surface area contributed by atoms with E-state index in [-0.39, 0.29) is 65.9 Å². The molecule has 0 fully saturated rings. The number of ether oxygens (including phenoxy) is 6. The van der Waals surface area contributed by atoms with Crippen molar-refractivity contribution >= 4 is 0 Å². The quantitative estimate of drug-likeness (QED) is 0.0457. The Morgan fingerprint density at radius 2 is 0.833 bits per heavy atom. The first-order chi connectivity index (χ1) is 23.1. The average molecular weight is 676 g/mol. The maximum Gasteiger partial charge on any atom is 0.200 e. The van der Waals surface area contributed by atoms with E-state index in [1.54, 1.807) is 24.3 Å². The number of hydrogen-bond donors (Lipinski definition) is 6. The molecule has 48 heavy (non-hydrogen) atoms. The molecule has 0 aliphatic heterocycles. The number of benzene rings is 2. The van der Waals surface area contributed by atoms with Gasteiger partial charge in [0, 0.05) is 13.1 Å². The van der Waals surface area contributed by atoms with Crippen molar-refractivity contribution in [2.75, 3.05) is 66.1 Å². The summed E-state index contributed by atoms with van der Waals surface area (Å²) in [5.41, 5.74) is 0.852. The van der Waals surface area contributed by atoms with Crippen LogP contribution in [0.25, 0.3) is 0 Å². The molecule has 0 aliphatic carbocycles. The van der Waals surface area contributed by atoms with Crippen LogP contribution >= 0.6 is 0 Å². The maximum absolute atomic E-state index is 10.2.